The molecule has 0 aliphatic rings. The molecule has 0 saturated heterocycles. The maximum absolute atomic E-state index is 12.9. The molecule has 0 saturated carbocycles. The Balaban J connectivity index is 4.25. The van der Waals surface area contributed by atoms with Crippen LogP contribution in [0.2, 0.25) is 0 Å². The van der Waals surface area contributed by atoms with Crippen molar-refractivity contribution < 1.29 is 28.6 Å². The zero-order valence-corrected chi connectivity index (χ0v) is 51.0. The van der Waals surface area contributed by atoms with Crippen LogP contribution in [0.15, 0.2) is 0 Å². The molecule has 0 bridgehead atoms. The highest BCUT2D eigenvalue weighted by Gasteiger charge is 2.20. The first-order valence-corrected chi connectivity index (χ1v) is 33.8. The van der Waals surface area contributed by atoms with E-state index in [1.54, 1.807) is 0 Å². The van der Waals surface area contributed by atoms with Gasteiger partial charge in [0.1, 0.15) is 13.2 Å². The molecule has 0 aromatic rings. The lowest BCUT2D eigenvalue weighted by molar-refractivity contribution is -0.167. The smallest absolute Gasteiger partial charge is 0.306 e. The predicted molar refractivity (Wildman–Crippen MR) is 321 cm³/mol. The molecule has 6 heteroatoms. The van der Waals surface area contributed by atoms with Crippen molar-refractivity contribution in [1.82, 2.24) is 0 Å². The van der Waals surface area contributed by atoms with Crippen LogP contribution in [0.5, 0.6) is 0 Å². The maximum atomic E-state index is 12.9. The van der Waals surface area contributed by atoms with Crippen molar-refractivity contribution in [3.8, 4) is 0 Å². The molecule has 1 unspecified atom stereocenters. The summed E-state index contributed by atoms with van der Waals surface area (Å²) in [4.78, 5) is 38.4. The van der Waals surface area contributed by atoms with E-state index in [2.05, 4.69) is 34.6 Å². The average Bonchev–Trinajstić information content (AvgIpc) is 3.39. The van der Waals surface area contributed by atoms with Crippen LogP contribution in [0.4, 0.5) is 0 Å². The van der Waals surface area contributed by atoms with E-state index in [1.165, 1.54) is 276 Å². The van der Waals surface area contributed by atoms with Gasteiger partial charge in [0, 0.05) is 19.3 Å². The Morgan fingerprint density at radius 2 is 0.514 bits per heavy atom. The SMILES string of the molecule is CCCCCCCCCCCCCCCCCC(=O)O[C@H](COC(=O)CCCCCCCCCCCCCCCCCCCCC(C)CC)COC(=O)CCCCCCCCCCCCCCCCCCC(C)C. The van der Waals surface area contributed by atoms with Crippen LogP contribution in [0.3, 0.4) is 0 Å². The Bertz CT molecular complexity index is 1140. The van der Waals surface area contributed by atoms with Gasteiger partial charge in [0.2, 0.25) is 0 Å². The quantitative estimate of drug-likeness (QED) is 0.0343. The molecule has 0 amide bonds. The molecule has 0 aromatic carbocycles. The molecule has 0 radical (unpaired) electrons. The van der Waals surface area contributed by atoms with Crippen molar-refractivity contribution in [2.45, 2.75) is 394 Å². The number of ether oxygens (including phenoxy) is 3. The van der Waals surface area contributed by atoms with Gasteiger partial charge in [0.15, 0.2) is 6.10 Å². The van der Waals surface area contributed by atoms with Gasteiger partial charge in [0.05, 0.1) is 0 Å². The van der Waals surface area contributed by atoms with Gasteiger partial charge < -0.3 is 14.2 Å². The molecule has 0 aromatic heterocycles. The van der Waals surface area contributed by atoms with E-state index in [0.29, 0.717) is 19.3 Å². The normalized spacial score (nSPS) is 12.4. The molecular formula is C68H132O6. The lowest BCUT2D eigenvalue weighted by Crippen LogP contribution is -2.30. The summed E-state index contributed by atoms with van der Waals surface area (Å²) >= 11 is 0. The summed E-state index contributed by atoms with van der Waals surface area (Å²) in [5.74, 6) is 0.936. The van der Waals surface area contributed by atoms with Gasteiger partial charge in [0.25, 0.3) is 0 Å². The van der Waals surface area contributed by atoms with Crippen molar-refractivity contribution >= 4 is 17.9 Å². The summed E-state index contributed by atoms with van der Waals surface area (Å²) in [7, 11) is 0. The van der Waals surface area contributed by atoms with Gasteiger partial charge in [-0.15, -0.1) is 0 Å². The summed E-state index contributed by atoms with van der Waals surface area (Å²) in [5, 5.41) is 0. The summed E-state index contributed by atoms with van der Waals surface area (Å²) < 4.78 is 17.0. The van der Waals surface area contributed by atoms with Crippen molar-refractivity contribution in [3.05, 3.63) is 0 Å². The molecule has 0 rings (SSSR count). The molecule has 0 spiro atoms. The van der Waals surface area contributed by atoms with E-state index in [-0.39, 0.29) is 31.1 Å². The van der Waals surface area contributed by atoms with Crippen LogP contribution in [0, 0.1) is 11.8 Å². The van der Waals surface area contributed by atoms with Crippen LogP contribution in [-0.2, 0) is 28.6 Å². The number of hydrogen-bond donors (Lipinski definition) is 0. The molecule has 0 aliphatic heterocycles. The van der Waals surface area contributed by atoms with E-state index >= 15 is 0 Å². The lowest BCUT2D eigenvalue weighted by atomic mass is 9.99. The van der Waals surface area contributed by atoms with Crippen molar-refractivity contribution in [2.24, 2.45) is 11.8 Å². The number of carbonyl (C=O) groups excluding carboxylic acids is 3. The van der Waals surface area contributed by atoms with E-state index in [0.717, 1.165) is 69.6 Å². The summed E-state index contributed by atoms with van der Waals surface area (Å²) in [5.41, 5.74) is 0. The fourth-order valence-electron chi connectivity index (χ4n) is 10.6. The van der Waals surface area contributed by atoms with E-state index < -0.39 is 6.10 Å². The van der Waals surface area contributed by atoms with Gasteiger partial charge in [-0.2, -0.15) is 0 Å². The highest BCUT2D eigenvalue weighted by molar-refractivity contribution is 5.71. The molecule has 2 atom stereocenters. The van der Waals surface area contributed by atoms with Crippen molar-refractivity contribution in [2.75, 3.05) is 13.2 Å². The fraction of sp³-hybridized carbons (Fsp3) is 0.956. The largest absolute Gasteiger partial charge is 0.462 e. The predicted octanol–water partition coefficient (Wildman–Crippen LogP) is 22.8. The van der Waals surface area contributed by atoms with Crippen LogP contribution in [-0.4, -0.2) is 37.2 Å². The zero-order chi connectivity index (χ0) is 53.9. The number of hydrogen-bond acceptors (Lipinski definition) is 6. The molecule has 0 fully saturated rings. The highest BCUT2D eigenvalue weighted by atomic mass is 16.6. The number of rotatable bonds is 62. The molecular weight excluding hydrogens is 913 g/mol. The second-order valence-corrected chi connectivity index (χ2v) is 24.2. The Kier molecular flexibility index (Phi) is 59.3. The van der Waals surface area contributed by atoms with Gasteiger partial charge >= 0.3 is 17.9 Å². The van der Waals surface area contributed by atoms with Crippen LogP contribution < -0.4 is 0 Å². The van der Waals surface area contributed by atoms with E-state index in [4.69, 9.17) is 14.2 Å². The third-order valence-corrected chi connectivity index (χ3v) is 16.1. The fourth-order valence-corrected chi connectivity index (χ4v) is 10.6. The highest BCUT2D eigenvalue weighted by Crippen LogP contribution is 2.20. The minimum absolute atomic E-state index is 0.0614. The van der Waals surface area contributed by atoms with E-state index in [1.807, 2.05) is 0 Å². The summed E-state index contributed by atoms with van der Waals surface area (Å²) in [6.45, 7) is 11.5. The van der Waals surface area contributed by atoms with Crippen molar-refractivity contribution in [3.63, 3.8) is 0 Å². The Labute approximate surface area is 463 Å². The summed E-state index contributed by atoms with van der Waals surface area (Å²) in [6, 6.07) is 0. The molecule has 6 nitrogen and oxygen atoms in total. The Morgan fingerprint density at radius 1 is 0.284 bits per heavy atom. The van der Waals surface area contributed by atoms with Gasteiger partial charge in [-0.05, 0) is 31.1 Å². The molecule has 0 aliphatic carbocycles. The number of carbonyl (C=O) groups is 3. The standard InChI is InChI=1S/C68H132O6/c1-6-8-9-10-11-12-13-14-21-30-35-40-45-50-55-60-68(71)74-65(62-73-67(70)59-54-49-44-39-34-29-25-20-19-22-26-31-36-41-46-51-56-63(3)4)61-72-66(69)58-53-48-43-38-33-28-24-18-16-15-17-23-27-32-37-42-47-52-57-64(5)7-2/h63-65H,6-62H2,1-5H3/t64?,65-/m1/s1. The lowest BCUT2D eigenvalue weighted by Gasteiger charge is -2.18. The molecule has 0 N–H and O–H groups in total. The minimum Gasteiger partial charge on any atom is -0.462 e. The Morgan fingerprint density at radius 3 is 0.770 bits per heavy atom. The van der Waals surface area contributed by atoms with Gasteiger partial charge in [-0.3, -0.25) is 14.4 Å². The van der Waals surface area contributed by atoms with Gasteiger partial charge in [-0.1, -0.05) is 349 Å². The summed E-state index contributed by atoms with van der Waals surface area (Å²) in [6.07, 6.45) is 68.2. The first-order valence-electron chi connectivity index (χ1n) is 33.8. The van der Waals surface area contributed by atoms with Crippen LogP contribution >= 0.6 is 0 Å². The maximum Gasteiger partial charge on any atom is 0.306 e. The minimum atomic E-state index is -0.764. The topological polar surface area (TPSA) is 78.9 Å². The number of esters is 3. The van der Waals surface area contributed by atoms with Gasteiger partial charge in [-0.25, -0.2) is 0 Å². The molecule has 74 heavy (non-hydrogen) atoms. The first kappa shape index (κ1) is 72.4. The molecule has 440 valence electrons. The third kappa shape index (κ3) is 59.7. The van der Waals surface area contributed by atoms with E-state index in [9.17, 15) is 14.4 Å². The first-order chi connectivity index (χ1) is 36.3. The monoisotopic (exact) mass is 1050 g/mol. The Hall–Kier alpha value is -1.59. The zero-order valence-electron chi connectivity index (χ0n) is 51.0. The number of unbranched alkanes of at least 4 members (excludes halogenated alkanes) is 46. The van der Waals surface area contributed by atoms with Crippen LogP contribution in [0.1, 0.15) is 388 Å². The second kappa shape index (κ2) is 60.6. The molecule has 0 heterocycles. The van der Waals surface area contributed by atoms with Crippen molar-refractivity contribution in [1.29, 1.82) is 0 Å². The van der Waals surface area contributed by atoms with Crippen LogP contribution in [0.25, 0.3) is 0 Å². The second-order valence-electron chi connectivity index (χ2n) is 24.2. The average molecular weight is 1050 g/mol. The third-order valence-electron chi connectivity index (χ3n) is 16.1.